The van der Waals surface area contributed by atoms with Gasteiger partial charge in [0.05, 0.1) is 4.91 Å². The van der Waals surface area contributed by atoms with Gasteiger partial charge < -0.3 is 0 Å². The van der Waals surface area contributed by atoms with E-state index in [1.54, 1.807) is 0 Å². The van der Waals surface area contributed by atoms with E-state index in [4.69, 9.17) is 0 Å². The lowest BCUT2D eigenvalue weighted by Crippen LogP contribution is -2.15. The molecule has 2 N–H and O–H groups in total. The van der Waals surface area contributed by atoms with Crippen LogP contribution in [0.2, 0.25) is 0 Å². The molecule has 0 unspecified atom stereocenters. The van der Waals surface area contributed by atoms with Gasteiger partial charge in [0.25, 0.3) is 0 Å². The van der Waals surface area contributed by atoms with E-state index in [1.165, 1.54) is 6.07 Å². The standard InChI is InChI=1S/C7H5F3N2O/c8-7(9,10)5-3-1-2-4-6(5)12(11)13/h2-4H,(H2,11,13)/q+1. The predicted octanol–water partition coefficient (Wildman–Crippen LogP) is 1.79. The molecule has 1 aromatic rings. The molecule has 0 heterocycles. The van der Waals surface area contributed by atoms with Crippen LogP contribution in [0.4, 0.5) is 18.9 Å². The summed E-state index contributed by atoms with van der Waals surface area (Å²) in [5.74, 6) is 4.68. The van der Waals surface area contributed by atoms with Crippen molar-refractivity contribution in [2.24, 2.45) is 5.84 Å². The predicted molar refractivity (Wildman–Crippen MR) is 37.8 cm³/mol. The van der Waals surface area contributed by atoms with Gasteiger partial charge in [0, 0.05) is 6.07 Å². The number of hydrazine groups is 1. The monoisotopic (exact) mass is 190 g/mol. The number of hydrogen-bond donors (Lipinski definition) is 1. The molecule has 0 atom stereocenters. The molecule has 0 spiro atoms. The highest BCUT2D eigenvalue weighted by molar-refractivity contribution is 5.40. The summed E-state index contributed by atoms with van der Waals surface area (Å²) in [6, 6.07) is 5.03. The van der Waals surface area contributed by atoms with Gasteiger partial charge in [-0.1, -0.05) is 0 Å². The molecule has 1 rings (SSSR count). The lowest BCUT2D eigenvalue weighted by molar-refractivity contribution is -0.476. The van der Waals surface area contributed by atoms with Gasteiger partial charge in [0.2, 0.25) is 0 Å². The zero-order valence-electron chi connectivity index (χ0n) is 6.30. The molecule has 69 valence electrons. The minimum absolute atomic E-state index is 0.323. The first-order chi connectivity index (χ1) is 5.93. The van der Waals surface area contributed by atoms with Gasteiger partial charge in [-0.3, -0.25) is 0 Å². The van der Waals surface area contributed by atoms with Crippen molar-refractivity contribution in [2.75, 3.05) is 0 Å². The molecule has 0 aliphatic heterocycles. The Bertz CT molecular complexity index is 335. The number of benzene rings is 1. The average Bonchev–Trinajstić information content (AvgIpc) is 2.03. The van der Waals surface area contributed by atoms with Gasteiger partial charge in [-0.05, 0) is 18.2 Å². The molecular formula is C7H5F3N2O+. The number of hydrogen-bond acceptors (Lipinski definition) is 1. The van der Waals surface area contributed by atoms with Gasteiger partial charge in [0.1, 0.15) is 5.56 Å². The van der Waals surface area contributed by atoms with Crippen LogP contribution in [0.3, 0.4) is 0 Å². The van der Waals surface area contributed by atoms with E-state index in [1.807, 2.05) is 0 Å². The lowest BCUT2D eigenvalue weighted by Gasteiger charge is -2.04. The molecule has 1 radical (unpaired) electrons. The van der Waals surface area contributed by atoms with Gasteiger partial charge in [0.15, 0.2) is 4.87 Å². The van der Waals surface area contributed by atoms with Crippen molar-refractivity contribution in [2.45, 2.75) is 6.18 Å². The third-order valence-electron chi connectivity index (χ3n) is 1.38. The molecule has 13 heavy (non-hydrogen) atoms. The highest BCUT2D eigenvalue weighted by atomic mass is 19.4. The minimum Gasteiger partial charge on any atom is -0.166 e. The van der Waals surface area contributed by atoms with Crippen LogP contribution in [0.25, 0.3) is 0 Å². The van der Waals surface area contributed by atoms with Gasteiger partial charge in [-0.2, -0.15) is 19.0 Å². The van der Waals surface area contributed by atoms with Gasteiger partial charge >= 0.3 is 11.9 Å². The summed E-state index contributed by atoms with van der Waals surface area (Å²) in [6.07, 6.45) is -4.59. The molecule has 0 aromatic heterocycles. The summed E-state index contributed by atoms with van der Waals surface area (Å²) in [7, 11) is 0. The molecule has 0 saturated carbocycles. The lowest BCUT2D eigenvalue weighted by atomic mass is 10.2. The van der Waals surface area contributed by atoms with Crippen molar-refractivity contribution in [3.8, 4) is 0 Å². The van der Waals surface area contributed by atoms with E-state index in [9.17, 15) is 18.1 Å². The maximum absolute atomic E-state index is 12.2. The summed E-state index contributed by atoms with van der Waals surface area (Å²) in [4.78, 5) is 10.2. The van der Waals surface area contributed by atoms with Crippen LogP contribution in [-0.2, 0) is 6.18 Å². The fourth-order valence-corrected chi connectivity index (χ4v) is 0.841. The molecule has 0 aliphatic carbocycles. The zero-order chi connectivity index (χ0) is 10.1. The van der Waals surface area contributed by atoms with Crippen LogP contribution in [0.15, 0.2) is 18.2 Å². The highest BCUT2D eigenvalue weighted by Crippen LogP contribution is 2.34. The van der Waals surface area contributed by atoms with Gasteiger partial charge in [-0.25, -0.2) is 0 Å². The third-order valence-corrected chi connectivity index (χ3v) is 1.38. The largest absolute Gasteiger partial charge is 0.423 e. The first-order valence-electron chi connectivity index (χ1n) is 3.22. The van der Waals surface area contributed by atoms with E-state index in [0.717, 1.165) is 6.07 Å². The Morgan fingerprint density at radius 3 is 2.46 bits per heavy atom. The number of alkyl halides is 3. The van der Waals surface area contributed by atoms with Crippen molar-refractivity contribution in [3.05, 3.63) is 34.7 Å². The first kappa shape index (κ1) is 9.50. The number of rotatable bonds is 1. The van der Waals surface area contributed by atoms with Crippen LogP contribution in [0.1, 0.15) is 5.56 Å². The Morgan fingerprint density at radius 1 is 1.46 bits per heavy atom. The highest BCUT2D eigenvalue weighted by Gasteiger charge is 2.38. The summed E-state index contributed by atoms with van der Waals surface area (Å²) < 4.78 is 36.5. The number of nitroso groups, excluding NO2 is 1. The Balaban J connectivity index is 3.28. The van der Waals surface area contributed by atoms with Crippen molar-refractivity contribution in [1.29, 1.82) is 0 Å². The average molecular weight is 190 g/mol. The fourth-order valence-electron chi connectivity index (χ4n) is 0.841. The van der Waals surface area contributed by atoms with E-state index in [-0.39, 0.29) is 4.87 Å². The van der Waals surface area contributed by atoms with Crippen molar-refractivity contribution in [1.82, 2.24) is 0 Å². The smallest absolute Gasteiger partial charge is 0.166 e. The fraction of sp³-hybridized carbons (Fsp3) is 0.143. The third kappa shape index (κ3) is 1.95. The summed E-state index contributed by atoms with van der Waals surface area (Å²) >= 11 is 0. The summed E-state index contributed by atoms with van der Waals surface area (Å²) in [5, 5.41) is 0. The molecule has 6 heteroatoms. The Labute approximate surface area is 71.5 Å². The summed E-state index contributed by atoms with van der Waals surface area (Å²) in [5.41, 5.74) is -1.71. The van der Waals surface area contributed by atoms with Crippen molar-refractivity contribution >= 4 is 5.69 Å². The van der Waals surface area contributed by atoms with E-state index < -0.39 is 17.4 Å². The number of nitrogens with zero attached hydrogens (tertiary/aromatic N) is 1. The molecule has 0 amide bonds. The SMILES string of the molecule is N[N+](=O)c1cc[c]cc1C(F)(F)F. The quantitative estimate of drug-likeness (QED) is 0.417. The number of halogens is 3. The van der Waals surface area contributed by atoms with E-state index >= 15 is 0 Å². The molecule has 0 saturated heterocycles. The second kappa shape index (κ2) is 3.04. The molecule has 0 fully saturated rings. The topological polar surface area (TPSA) is 46.1 Å². The molecule has 1 aromatic carbocycles. The van der Waals surface area contributed by atoms with Crippen molar-refractivity contribution < 1.29 is 18.0 Å². The first-order valence-corrected chi connectivity index (χ1v) is 3.22. The summed E-state index contributed by atoms with van der Waals surface area (Å²) in [6.45, 7) is 0. The molecule has 0 aliphatic rings. The molecule has 3 nitrogen and oxygen atoms in total. The second-order valence-corrected chi connectivity index (χ2v) is 2.27. The zero-order valence-corrected chi connectivity index (χ0v) is 6.30. The maximum atomic E-state index is 12.2. The maximum Gasteiger partial charge on any atom is 0.423 e. The Hall–Kier alpha value is -1.59. The van der Waals surface area contributed by atoms with E-state index in [0.29, 0.717) is 6.07 Å². The normalized spacial score (nSPS) is 11.3. The second-order valence-electron chi connectivity index (χ2n) is 2.27. The minimum atomic E-state index is -4.59. The molecular weight excluding hydrogens is 185 g/mol. The van der Waals surface area contributed by atoms with Crippen LogP contribution in [-0.4, -0.2) is 4.87 Å². The number of nitrogens with two attached hydrogens (primary N) is 1. The van der Waals surface area contributed by atoms with Crippen LogP contribution in [0.5, 0.6) is 0 Å². The van der Waals surface area contributed by atoms with E-state index in [2.05, 4.69) is 11.9 Å². The Kier molecular flexibility index (Phi) is 2.22. The van der Waals surface area contributed by atoms with Crippen LogP contribution >= 0.6 is 0 Å². The van der Waals surface area contributed by atoms with Crippen LogP contribution < -0.4 is 5.84 Å². The van der Waals surface area contributed by atoms with Gasteiger partial charge in [-0.15, -0.1) is 0 Å². The molecule has 0 bridgehead atoms. The Morgan fingerprint density at radius 2 is 2.08 bits per heavy atom. The van der Waals surface area contributed by atoms with Crippen molar-refractivity contribution in [3.63, 3.8) is 0 Å². The van der Waals surface area contributed by atoms with Crippen LogP contribution in [0, 0.1) is 11.0 Å².